The molecule has 0 aromatic heterocycles. The third-order valence-electron chi connectivity index (χ3n) is 3.52. The molecule has 0 saturated heterocycles. The smallest absolute Gasteiger partial charge is 0.109 e. The summed E-state index contributed by atoms with van der Waals surface area (Å²) in [6.45, 7) is 4.09. The van der Waals surface area contributed by atoms with Gasteiger partial charge >= 0.3 is 0 Å². The summed E-state index contributed by atoms with van der Waals surface area (Å²) in [4.78, 5) is 3.40. The third kappa shape index (κ3) is 3.83. The van der Waals surface area contributed by atoms with Gasteiger partial charge in [0.2, 0.25) is 0 Å². The standard InChI is InChI=1S/C17H22N2O/c1-3-18(2)17-8-6-15(7-9-17)4-5-16-10-11-19(14-16)12-13-20/h4-11,14,20H,3,12-13H2,1-2H3/p+1/b5-4+. The van der Waals surface area contributed by atoms with Crippen molar-refractivity contribution in [1.29, 1.82) is 0 Å². The molecule has 0 fully saturated rings. The van der Waals surface area contributed by atoms with E-state index in [1.54, 1.807) is 0 Å². The summed E-state index contributed by atoms with van der Waals surface area (Å²) >= 11 is 0. The van der Waals surface area contributed by atoms with Gasteiger partial charge in [-0.15, -0.1) is 0 Å². The van der Waals surface area contributed by atoms with Crippen LogP contribution < -0.4 is 9.80 Å². The number of rotatable bonds is 6. The molecule has 0 radical (unpaired) electrons. The van der Waals surface area contributed by atoms with Crippen molar-refractivity contribution in [3.05, 3.63) is 60.0 Å². The van der Waals surface area contributed by atoms with Gasteiger partial charge in [-0.3, -0.25) is 4.90 Å². The number of quaternary nitrogens is 1. The van der Waals surface area contributed by atoms with Crippen LogP contribution >= 0.6 is 0 Å². The predicted molar refractivity (Wildman–Crippen MR) is 84.6 cm³/mol. The number of benzene rings is 1. The van der Waals surface area contributed by atoms with Crippen LogP contribution in [-0.2, 0) is 0 Å². The van der Waals surface area contributed by atoms with Crippen molar-refractivity contribution in [2.45, 2.75) is 6.92 Å². The Kier molecular flexibility index (Phi) is 5.16. The topological polar surface area (TPSA) is 27.9 Å². The molecule has 1 heterocycles. The van der Waals surface area contributed by atoms with E-state index in [1.807, 2.05) is 0 Å². The number of allylic oxidation sites excluding steroid dienone is 3. The lowest BCUT2D eigenvalue weighted by molar-refractivity contribution is -0.788. The number of hydrogen-bond acceptors (Lipinski definition) is 2. The summed E-state index contributed by atoms with van der Waals surface area (Å²) in [5.41, 5.74) is 3.62. The van der Waals surface area contributed by atoms with Gasteiger partial charge in [0, 0.05) is 30.9 Å². The molecule has 2 N–H and O–H groups in total. The summed E-state index contributed by atoms with van der Waals surface area (Å²) in [7, 11) is 2.09. The zero-order valence-corrected chi connectivity index (χ0v) is 12.2. The van der Waals surface area contributed by atoms with E-state index < -0.39 is 0 Å². The number of anilines is 1. The molecule has 1 aliphatic rings. The molecule has 2 rings (SSSR count). The van der Waals surface area contributed by atoms with Crippen LogP contribution in [0.15, 0.2) is 54.4 Å². The minimum absolute atomic E-state index is 0.208. The number of nitrogens with zero attached hydrogens (tertiary/aromatic N) is 1. The normalized spacial score (nSPS) is 17.8. The van der Waals surface area contributed by atoms with E-state index in [0.717, 1.165) is 13.1 Å². The highest BCUT2D eigenvalue weighted by atomic mass is 16.3. The average Bonchev–Trinajstić information content (AvgIpc) is 2.93. The fourth-order valence-corrected chi connectivity index (χ4v) is 2.12. The van der Waals surface area contributed by atoms with E-state index in [1.165, 1.54) is 21.7 Å². The Morgan fingerprint density at radius 1 is 1.20 bits per heavy atom. The van der Waals surface area contributed by atoms with E-state index in [4.69, 9.17) is 5.11 Å². The molecule has 3 heteroatoms. The summed E-state index contributed by atoms with van der Waals surface area (Å²) in [6.07, 6.45) is 10.5. The van der Waals surface area contributed by atoms with Gasteiger partial charge in [-0.25, -0.2) is 0 Å². The van der Waals surface area contributed by atoms with E-state index in [9.17, 15) is 0 Å². The van der Waals surface area contributed by atoms with E-state index in [-0.39, 0.29) is 6.61 Å². The van der Waals surface area contributed by atoms with E-state index in [0.29, 0.717) is 0 Å². The van der Waals surface area contributed by atoms with Gasteiger partial charge < -0.3 is 10.0 Å². The monoisotopic (exact) mass is 271 g/mol. The number of hydrogen-bond donors (Lipinski definition) is 2. The Morgan fingerprint density at radius 3 is 2.60 bits per heavy atom. The maximum absolute atomic E-state index is 8.91. The average molecular weight is 271 g/mol. The highest BCUT2D eigenvalue weighted by Crippen LogP contribution is 2.15. The Morgan fingerprint density at radius 2 is 1.95 bits per heavy atom. The van der Waals surface area contributed by atoms with Crippen LogP contribution in [-0.4, -0.2) is 31.9 Å². The van der Waals surface area contributed by atoms with Crippen molar-refractivity contribution in [3.8, 4) is 0 Å². The van der Waals surface area contributed by atoms with Crippen molar-refractivity contribution < 1.29 is 10.0 Å². The Bertz CT molecular complexity index is 514. The van der Waals surface area contributed by atoms with Gasteiger partial charge in [0.1, 0.15) is 12.7 Å². The first kappa shape index (κ1) is 14.6. The van der Waals surface area contributed by atoms with Crippen molar-refractivity contribution in [3.63, 3.8) is 0 Å². The second-order valence-corrected chi connectivity index (χ2v) is 4.97. The second kappa shape index (κ2) is 7.08. The van der Waals surface area contributed by atoms with Gasteiger partial charge in [-0.1, -0.05) is 18.2 Å². The molecule has 0 spiro atoms. The highest BCUT2D eigenvalue weighted by molar-refractivity contribution is 5.58. The number of aliphatic hydroxyl groups excluding tert-OH is 1. The first-order chi connectivity index (χ1) is 9.72. The SMILES string of the molecule is CCN(C)c1ccc(/C=C/C2=C[NH+](CCO)C=C2)cc1. The molecule has 0 bridgehead atoms. The predicted octanol–water partition coefficient (Wildman–Crippen LogP) is 1.44. The third-order valence-corrected chi connectivity index (χ3v) is 3.52. The van der Waals surface area contributed by atoms with Crippen molar-refractivity contribution in [2.75, 3.05) is 31.6 Å². The Labute approximate surface area is 121 Å². The van der Waals surface area contributed by atoms with Crippen LogP contribution in [0.4, 0.5) is 5.69 Å². The molecule has 106 valence electrons. The summed E-state index contributed by atoms with van der Waals surface area (Å²) in [5.74, 6) is 0. The molecule has 0 aliphatic carbocycles. The van der Waals surface area contributed by atoms with E-state index in [2.05, 4.69) is 73.8 Å². The lowest BCUT2D eigenvalue weighted by Gasteiger charge is -2.16. The maximum atomic E-state index is 8.91. The van der Waals surface area contributed by atoms with Gasteiger partial charge in [0.25, 0.3) is 0 Å². The fraction of sp³-hybridized carbons (Fsp3) is 0.294. The molecule has 20 heavy (non-hydrogen) atoms. The van der Waals surface area contributed by atoms with Crippen LogP contribution in [0.2, 0.25) is 0 Å². The molecule has 0 amide bonds. The van der Waals surface area contributed by atoms with Crippen LogP contribution in [0, 0.1) is 0 Å². The Balaban J connectivity index is 1.98. The van der Waals surface area contributed by atoms with E-state index >= 15 is 0 Å². The lowest BCUT2D eigenvalue weighted by Crippen LogP contribution is -3.02. The molecular formula is C17H23N2O+. The molecule has 1 aromatic rings. The molecule has 3 nitrogen and oxygen atoms in total. The molecule has 1 aliphatic heterocycles. The zero-order valence-electron chi connectivity index (χ0n) is 12.2. The largest absolute Gasteiger partial charge is 0.390 e. The highest BCUT2D eigenvalue weighted by Gasteiger charge is 2.07. The summed E-state index contributed by atoms with van der Waals surface area (Å²) in [6, 6.07) is 8.56. The lowest BCUT2D eigenvalue weighted by atomic mass is 10.1. The molecular weight excluding hydrogens is 248 g/mol. The first-order valence-electron chi connectivity index (χ1n) is 7.08. The minimum Gasteiger partial charge on any atom is -0.390 e. The van der Waals surface area contributed by atoms with Crippen LogP contribution in [0.3, 0.4) is 0 Å². The maximum Gasteiger partial charge on any atom is 0.109 e. The molecule has 1 atom stereocenters. The second-order valence-electron chi connectivity index (χ2n) is 4.97. The van der Waals surface area contributed by atoms with Crippen molar-refractivity contribution in [2.24, 2.45) is 0 Å². The number of nitrogens with one attached hydrogen (secondary N) is 1. The van der Waals surface area contributed by atoms with Crippen molar-refractivity contribution in [1.82, 2.24) is 0 Å². The van der Waals surface area contributed by atoms with Gasteiger partial charge in [0.15, 0.2) is 0 Å². The Hall–Kier alpha value is -1.84. The van der Waals surface area contributed by atoms with Crippen LogP contribution in [0.1, 0.15) is 12.5 Å². The zero-order chi connectivity index (χ0) is 14.4. The summed E-state index contributed by atoms with van der Waals surface area (Å²) < 4.78 is 0. The summed E-state index contributed by atoms with van der Waals surface area (Å²) in [5, 5.41) is 8.91. The first-order valence-corrected chi connectivity index (χ1v) is 7.08. The van der Waals surface area contributed by atoms with Gasteiger partial charge in [-0.2, -0.15) is 0 Å². The quantitative estimate of drug-likeness (QED) is 0.819. The number of aliphatic hydroxyl groups is 1. The molecule has 1 aromatic carbocycles. The van der Waals surface area contributed by atoms with Crippen LogP contribution in [0.25, 0.3) is 6.08 Å². The van der Waals surface area contributed by atoms with Crippen molar-refractivity contribution >= 4 is 11.8 Å². The molecule has 0 saturated carbocycles. The minimum atomic E-state index is 0.208. The van der Waals surface area contributed by atoms with Gasteiger partial charge in [-0.05, 0) is 30.7 Å². The molecule has 1 unspecified atom stereocenters. The van der Waals surface area contributed by atoms with Crippen LogP contribution in [0.5, 0.6) is 0 Å². The fourth-order valence-electron chi connectivity index (χ4n) is 2.12. The van der Waals surface area contributed by atoms with Gasteiger partial charge in [0.05, 0.1) is 12.8 Å².